The minimum absolute atomic E-state index is 0. The van der Waals surface area contributed by atoms with Crippen molar-refractivity contribution in [2.24, 2.45) is 0 Å². The van der Waals surface area contributed by atoms with Crippen molar-refractivity contribution in [1.82, 2.24) is 0 Å². The minimum Gasteiger partial charge on any atom is -0.207 e. The molecule has 4 aromatic rings. The first kappa shape index (κ1) is 25.7. The average Bonchev–Trinajstić information content (AvgIpc) is 2.65. The van der Waals surface area contributed by atoms with Crippen molar-refractivity contribution in [1.29, 1.82) is 0 Å². The first-order chi connectivity index (χ1) is 15.6. The monoisotopic (exact) mass is 570 g/mol. The maximum absolute atomic E-state index is 14.3. The van der Waals surface area contributed by atoms with E-state index in [2.05, 4.69) is 0 Å². The molecule has 0 radical (unpaired) electrons. The molecule has 178 valence electrons. The van der Waals surface area contributed by atoms with Gasteiger partial charge in [0, 0.05) is 24.3 Å². The molecule has 0 heterocycles. The predicted molar refractivity (Wildman–Crippen MR) is 110 cm³/mol. The van der Waals surface area contributed by atoms with Gasteiger partial charge in [-0.05, 0) is 0 Å². The fourth-order valence-corrected chi connectivity index (χ4v) is 4.46. The van der Waals surface area contributed by atoms with Gasteiger partial charge in [-0.2, -0.15) is 21.9 Å². The zero-order chi connectivity index (χ0) is 23.9. The molecule has 0 bridgehead atoms. The Labute approximate surface area is 204 Å². The molecule has 0 aliphatic carbocycles. The van der Waals surface area contributed by atoms with E-state index in [1.165, 1.54) is 0 Å². The van der Waals surface area contributed by atoms with Crippen LogP contribution in [0.5, 0.6) is 0 Å². The Balaban J connectivity index is 0.00000324. The van der Waals surface area contributed by atoms with E-state index in [9.17, 15) is 35.1 Å². The summed E-state index contributed by atoms with van der Waals surface area (Å²) in [5.41, 5.74) is -1.42. The SMILES string of the molecule is Fc1cc(F)cc([B-](c2cc(F)cc(F)c2)(c2cc(F)cc(F)c2)c2cc(F)cc(F)c2)c1.[Ag+]. The maximum atomic E-state index is 14.3. The molecule has 0 aliphatic heterocycles. The van der Waals surface area contributed by atoms with Crippen LogP contribution in [0.1, 0.15) is 0 Å². The summed E-state index contributed by atoms with van der Waals surface area (Å²) in [7, 11) is 0. The molecular weight excluding hydrogens is 559 g/mol. The average molecular weight is 571 g/mol. The number of halogens is 8. The summed E-state index contributed by atoms with van der Waals surface area (Å²) in [6.45, 7) is 0. The minimum atomic E-state index is -3.29. The second-order valence-electron chi connectivity index (χ2n) is 7.68. The van der Waals surface area contributed by atoms with Gasteiger partial charge in [-0.25, -0.2) is 35.1 Å². The maximum Gasteiger partial charge on any atom is 1.00 e. The largest absolute Gasteiger partial charge is 1.00 e. The normalized spacial score (nSPS) is 11.3. The van der Waals surface area contributed by atoms with E-state index >= 15 is 0 Å². The van der Waals surface area contributed by atoms with Crippen LogP contribution in [0.15, 0.2) is 72.8 Å². The van der Waals surface area contributed by atoms with Crippen LogP contribution in [0, 0.1) is 46.5 Å². The molecule has 10 heteroatoms. The Morgan fingerprint density at radius 2 is 0.441 bits per heavy atom. The topological polar surface area (TPSA) is 0 Å². The Morgan fingerprint density at radius 3 is 0.588 bits per heavy atom. The number of benzene rings is 4. The van der Waals surface area contributed by atoms with Crippen LogP contribution >= 0.6 is 0 Å². The van der Waals surface area contributed by atoms with Gasteiger partial charge in [0.1, 0.15) is 52.7 Å². The second-order valence-corrected chi connectivity index (χ2v) is 7.68. The molecule has 4 aromatic carbocycles. The van der Waals surface area contributed by atoms with Gasteiger partial charge in [-0.1, -0.05) is 48.5 Å². The molecule has 0 aliphatic rings. The molecule has 0 spiro atoms. The zero-order valence-corrected chi connectivity index (χ0v) is 18.3. The second kappa shape index (κ2) is 9.78. The predicted octanol–water partition coefficient (Wildman–Crippen LogP) is 4.17. The Kier molecular flexibility index (Phi) is 7.40. The molecule has 0 amide bonds. The smallest absolute Gasteiger partial charge is 0.207 e. The molecule has 0 nitrogen and oxygen atoms in total. The summed E-state index contributed by atoms with van der Waals surface area (Å²) < 4.78 is 114. The molecule has 0 atom stereocenters. The van der Waals surface area contributed by atoms with Crippen LogP contribution in [0.2, 0.25) is 0 Å². The van der Waals surface area contributed by atoms with Gasteiger partial charge in [0.15, 0.2) is 0 Å². The molecule has 4 rings (SSSR count). The van der Waals surface area contributed by atoms with Crippen molar-refractivity contribution >= 4 is 28.0 Å². The zero-order valence-electron chi connectivity index (χ0n) is 16.8. The molecule has 0 unspecified atom stereocenters. The van der Waals surface area contributed by atoms with E-state index in [1.807, 2.05) is 0 Å². The van der Waals surface area contributed by atoms with E-state index in [0.717, 1.165) is 48.5 Å². The van der Waals surface area contributed by atoms with Crippen molar-refractivity contribution in [2.45, 2.75) is 0 Å². The van der Waals surface area contributed by atoms with Crippen LogP contribution in [0.4, 0.5) is 35.1 Å². The van der Waals surface area contributed by atoms with Crippen LogP contribution in [-0.2, 0) is 22.4 Å². The quantitative estimate of drug-likeness (QED) is 0.255. The van der Waals surface area contributed by atoms with E-state index in [0.29, 0.717) is 24.3 Å². The molecule has 0 fully saturated rings. The van der Waals surface area contributed by atoms with Crippen molar-refractivity contribution in [2.75, 3.05) is 0 Å². The molecule has 0 saturated heterocycles. The molecule has 34 heavy (non-hydrogen) atoms. The summed E-state index contributed by atoms with van der Waals surface area (Å²) in [6, 6.07) is 8.24. The van der Waals surface area contributed by atoms with Gasteiger partial charge in [-0.15, -0.1) is 0 Å². The number of rotatable bonds is 4. The van der Waals surface area contributed by atoms with E-state index in [-0.39, 0.29) is 44.2 Å². The molecule has 0 N–H and O–H groups in total. The van der Waals surface area contributed by atoms with Gasteiger partial charge >= 0.3 is 22.4 Å². The first-order valence-electron chi connectivity index (χ1n) is 9.59. The third kappa shape index (κ3) is 4.82. The number of hydrogen-bond acceptors (Lipinski definition) is 0. The van der Waals surface area contributed by atoms with E-state index in [4.69, 9.17) is 0 Å². The Morgan fingerprint density at radius 1 is 0.294 bits per heavy atom. The first-order valence-corrected chi connectivity index (χ1v) is 9.59. The van der Waals surface area contributed by atoms with Gasteiger partial charge in [0.25, 0.3) is 0 Å². The molecule has 0 saturated carbocycles. The molecule has 0 aromatic heterocycles. The van der Waals surface area contributed by atoms with E-state index in [1.54, 1.807) is 0 Å². The summed E-state index contributed by atoms with van der Waals surface area (Å²) in [5, 5.41) is 0. The molecular formula is C24H12AgBF8. The van der Waals surface area contributed by atoms with Crippen molar-refractivity contribution in [3.8, 4) is 0 Å². The summed E-state index contributed by atoms with van der Waals surface area (Å²) in [6.07, 6.45) is -3.29. The van der Waals surface area contributed by atoms with Gasteiger partial charge < -0.3 is 0 Å². The third-order valence-electron chi connectivity index (χ3n) is 5.54. The van der Waals surface area contributed by atoms with E-state index < -0.39 is 52.7 Å². The third-order valence-corrected chi connectivity index (χ3v) is 5.54. The summed E-state index contributed by atoms with van der Waals surface area (Å²) in [4.78, 5) is 0. The van der Waals surface area contributed by atoms with Gasteiger partial charge in [-0.3, -0.25) is 0 Å². The van der Waals surface area contributed by atoms with Crippen LogP contribution in [-0.4, -0.2) is 6.15 Å². The van der Waals surface area contributed by atoms with Crippen molar-refractivity contribution in [3.63, 3.8) is 0 Å². The van der Waals surface area contributed by atoms with Crippen molar-refractivity contribution < 1.29 is 57.5 Å². The van der Waals surface area contributed by atoms with Gasteiger partial charge in [0.05, 0.1) is 0 Å². The van der Waals surface area contributed by atoms with Gasteiger partial charge in [0.2, 0.25) is 0 Å². The van der Waals surface area contributed by atoms with Crippen molar-refractivity contribution in [3.05, 3.63) is 119 Å². The summed E-state index contributed by atoms with van der Waals surface area (Å²) in [5.74, 6) is -8.99. The summed E-state index contributed by atoms with van der Waals surface area (Å²) >= 11 is 0. The fourth-order valence-electron chi connectivity index (χ4n) is 4.46. The van der Waals surface area contributed by atoms with Crippen LogP contribution in [0.3, 0.4) is 0 Å². The van der Waals surface area contributed by atoms with Crippen LogP contribution < -0.4 is 21.9 Å². The van der Waals surface area contributed by atoms with Crippen LogP contribution in [0.25, 0.3) is 0 Å². The standard InChI is InChI=1S/C24H12BF8.Ag/c26-17-1-13(2-18(27)9-17)25(14-3-19(28)10-20(29)4-14,15-5-21(30)11-22(31)6-15)16-7-23(32)12-24(33)8-16;/h1-12H;/q-1;+1. The Bertz CT molecular complexity index is 1080. The fraction of sp³-hybridized carbons (Fsp3) is 0. The number of hydrogen-bond donors (Lipinski definition) is 0. The Hall–Kier alpha value is -2.87.